The SMILES string of the molecule is CC[C@H]1CO[C@@H](c2ccc(Cl)cc2)N1S(=O)(=O)c1ccccc1. The molecule has 3 rings (SSSR count). The van der Waals surface area contributed by atoms with Crippen molar-refractivity contribution >= 4 is 21.6 Å². The lowest BCUT2D eigenvalue weighted by Gasteiger charge is -2.27. The molecule has 0 bridgehead atoms. The molecular formula is C17H18ClNO3S. The van der Waals surface area contributed by atoms with Crippen LogP contribution in [-0.4, -0.2) is 25.4 Å². The van der Waals surface area contributed by atoms with Crippen LogP contribution in [0.1, 0.15) is 25.1 Å². The summed E-state index contributed by atoms with van der Waals surface area (Å²) in [6, 6.07) is 15.4. The van der Waals surface area contributed by atoms with Gasteiger partial charge >= 0.3 is 0 Å². The Kier molecular flexibility index (Phi) is 4.73. The number of sulfonamides is 1. The smallest absolute Gasteiger partial charge is 0.245 e. The van der Waals surface area contributed by atoms with Gasteiger partial charge in [-0.2, -0.15) is 4.31 Å². The van der Waals surface area contributed by atoms with Crippen molar-refractivity contribution in [1.82, 2.24) is 4.31 Å². The van der Waals surface area contributed by atoms with E-state index in [1.165, 1.54) is 4.31 Å². The van der Waals surface area contributed by atoms with Crippen LogP contribution >= 0.6 is 11.6 Å². The lowest BCUT2D eigenvalue weighted by atomic mass is 10.2. The average molecular weight is 352 g/mol. The van der Waals surface area contributed by atoms with E-state index in [1.54, 1.807) is 54.6 Å². The molecule has 0 aromatic heterocycles. The summed E-state index contributed by atoms with van der Waals surface area (Å²) >= 11 is 5.92. The highest BCUT2D eigenvalue weighted by Gasteiger charge is 2.43. The lowest BCUT2D eigenvalue weighted by molar-refractivity contribution is 0.0681. The largest absolute Gasteiger partial charge is 0.356 e. The molecule has 0 radical (unpaired) electrons. The monoisotopic (exact) mass is 351 g/mol. The van der Waals surface area contributed by atoms with Gasteiger partial charge in [0.25, 0.3) is 0 Å². The first-order chi connectivity index (χ1) is 11.0. The first-order valence-electron chi connectivity index (χ1n) is 7.49. The van der Waals surface area contributed by atoms with Crippen molar-refractivity contribution in [3.05, 3.63) is 65.2 Å². The Morgan fingerprint density at radius 1 is 1.13 bits per heavy atom. The second-order valence-corrected chi connectivity index (χ2v) is 7.73. The third kappa shape index (κ3) is 3.15. The molecule has 23 heavy (non-hydrogen) atoms. The number of ether oxygens (including phenoxy) is 1. The maximum absolute atomic E-state index is 13.1. The number of hydrogen-bond acceptors (Lipinski definition) is 3. The fourth-order valence-electron chi connectivity index (χ4n) is 2.75. The Bertz CT molecular complexity index is 762. The van der Waals surface area contributed by atoms with E-state index in [-0.39, 0.29) is 10.9 Å². The molecule has 0 unspecified atom stereocenters. The van der Waals surface area contributed by atoms with Crippen LogP contribution < -0.4 is 0 Å². The Morgan fingerprint density at radius 2 is 1.78 bits per heavy atom. The highest BCUT2D eigenvalue weighted by molar-refractivity contribution is 7.89. The molecule has 2 atom stereocenters. The van der Waals surface area contributed by atoms with Crippen molar-refractivity contribution < 1.29 is 13.2 Å². The van der Waals surface area contributed by atoms with E-state index in [2.05, 4.69) is 0 Å². The van der Waals surface area contributed by atoms with Gasteiger partial charge in [-0.1, -0.05) is 48.9 Å². The highest BCUT2D eigenvalue weighted by Crippen LogP contribution is 2.37. The van der Waals surface area contributed by atoms with Crippen molar-refractivity contribution in [3.63, 3.8) is 0 Å². The van der Waals surface area contributed by atoms with E-state index in [9.17, 15) is 8.42 Å². The fourth-order valence-corrected chi connectivity index (χ4v) is 4.65. The molecule has 0 amide bonds. The Morgan fingerprint density at radius 3 is 2.39 bits per heavy atom. The van der Waals surface area contributed by atoms with Crippen LogP contribution in [0, 0.1) is 0 Å². The molecule has 1 aliphatic heterocycles. The molecule has 2 aromatic carbocycles. The van der Waals surface area contributed by atoms with E-state index < -0.39 is 16.3 Å². The summed E-state index contributed by atoms with van der Waals surface area (Å²) in [7, 11) is -3.63. The van der Waals surface area contributed by atoms with Crippen LogP contribution in [0.4, 0.5) is 0 Å². The van der Waals surface area contributed by atoms with Gasteiger partial charge in [0.05, 0.1) is 17.5 Å². The number of nitrogens with zero attached hydrogens (tertiary/aromatic N) is 1. The Hall–Kier alpha value is -1.40. The maximum atomic E-state index is 13.1. The van der Waals surface area contributed by atoms with Crippen LogP contribution in [-0.2, 0) is 14.8 Å². The van der Waals surface area contributed by atoms with Crippen LogP contribution in [0.3, 0.4) is 0 Å². The normalized spacial score (nSPS) is 22.3. The third-order valence-corrected chi connectivity index (χ3v) is 6.15. The Labute approximate surface area is 141 Å². The van der Waals surface area contributed by atoms with E-state index in [4.69, 9.17) is 16.3 Å². The van der Waals surface area contributed by atoms with Gasteiger partial charge in [0, 0.05) is 5.02 Å². The minimum Gasteiger partial charge on any atom is -0.356 e. The molecular weight excluding hydrogens is 334 g/mol. The summed E-state index contributed by atoms with van der Waals surface area (Å²) in [5.41, 5.74) is 0.782. The first kappa shape index (κ1) is 16.5. The van der Waals surface area contributed by atoms with Crippen molar-refractivity contribution in [1.29, 1.82) is 0 Å². The van der Waals surface area contributed by atoms with Gasteiger partial charge in [-0.3, -0.25) is 0 Å². The van der Waals surface area contributed by atoms with E-state index >= 15 is 0 Å². The molecule has 1 saturated heterocycles. The zero-order valence-electron chi connectivity index (χ0n) is 12.7. The summed E-state index contributed by atoms with van der Waals surface area (Å²) in [5, 5.41) is 0.608. The third-order valence-electron chi connectivity index (χ3n) is 3.98. The minimum atomic E-state index is -3.63. The molecule has 1 aliphatic rings. The molecule has 0 aliphatic carbocycles. The van der Waals surface area contributed by atoms with Crippen molar-refractivity contribution in [2.45, 2.75) is 30.5 Å². The molecule has 6 heteroatoms. The average Bonchev–Trinajstić information content (AvgIpc) is 3.01. The molecule has 1 fully saturated rings. The Balaban J connectivity index is 2.03. The van der Waals surface area contributed by atoms with Gasteiger partial charge in [-0.25, -0.2) is 8.42 Å². The molecule has 0 saturated carbocycles. The van der Waals surface area contributed by atoms with Crippen LogP contribution in [0.5, 0.6) is 0 Å². The number of hydrogen-bond donors (Lipinski definition) is 0. The summed E-state index contributed by atoms with van der Waals surface area (Å²) in [6.07, 6.45) is 0.0679. The van der Waals surface area contributed by atoms with Gasteiger partial charge in [0.15, 0.2) is 0 Å². The maximum Gasteiger partial charge on any atom is 0.245 e. The molecule has 0 N–H and O–H groups in total. The first-order valence-corrected chi connectivity index (χ1v) is 9.31. The van der Waals surface area contributed by atoms with Gasteiger partial charge in [0.1, 0.15) is 6.23 Å². The van der Waals surface area contributed by atoms with Crippen molar-refractivity contribution in [2.75, 3.05) is 6.61 Å². The van der Waals surface area contributed by atoms with Crippen LogP contribution in [0.15, 0.2) is 59.5 Å². The van der Waals surface area contributed by atoms with E-state index in [0.717, 1.165) is 5.56 Å². The van der Waals surface area contributed by atoms with E-state index in [1.807, 2.05) is 6.92 Å². The fraction of sp³-hybridized carbons (Fsp3) is 0.294. The number of halogens is 1. The predicted molar refractivity (Wildman–Crippen MR) is 89.7 cm³/mol. The van der Waals surface area contributed by atoms with Gasteiger partial charge in [0.2, 0.25) is 10.0 Å². The van der Waals surface area contributed by atoms with Gasteiger partial charge in [-0.05, 0) is 36.2 Å². The molecule has 2 aromatic rings. The van der Waals surface area contributed by atoms with Crippen molar-refractivity contribution in [3.8, 4) is 0 Å². The lowest BCUT2D eigenvalue weighted by Crippen LogP contribution is -2.37. The highest BCUT2D eigenvalue weighted by atomic mass is 35.5. The van der Waals surface area contributed by atoms with Crippen LogP contribution in [0.2, 0.25) is 5.02 Å². The van der Waals surface area contributed by atoms with Crippen molar-refractivity contribution in [2.24, 2.45) is 0 Å². The molecule has 0 spiro atoms. The van der Waals surface area contributed by atoms with Gasteiger partial charge < -0.3 is 4.74 Å². The summed E-state index contributed by atoms with van der Waals surface area (Å²) < 4.78 is 33.4. The summed E-state index contributed by atoms with van der Waals surface area (Å²) in [6.45, 7) is 2.35. The molecule has 4 nitrogen and oxygen atoms in total. The number of benzene rings is 2. The molecule has 1 heterocycles. The van der Waals surface area contributed by atoms with Crippen LogP contribution in [0.25, 0.3) is 0 Å². The standard InChI is InChI=1S/C17H18ClNO3S/c1-2-15-12-22-17(13-8-10-14(18)11-9-13)19(15)23(20,21)16-6-4-3-5-7-16/h3-11,15,17H,2,12H2,1H3/t15-,17-/m0/s1. The summed E-state index contributed by atoms with van der Waals surface area (Å²) in [4.78, 5) is 0.280. The molecule has 122 valence electrons. The quantitative estimate of drug-likeness (QED) is 0.840. The second kappa shape index (κ2) is 6.61. The van der Waals surface area contributed by atoms with E-state index in [0.29, 0.717) is 18.1 Å². The summed E-state index contributed by atoms with van der Waals surface area (Å²) in [5.74, 6) is 0. The zero-order valence-corrected chi connectivity index (χ0v) is 14.3. The predicted octanol–water partition coefficient (Wildman–Crippen LogP) is 3.84. The second-order valence-electron chi connectivity index (χ2n) is 5.45. The van der Waals surface area contributed by atoms with Gasteiger partial charge in [-0.15, -0.1) is 0 Å². The minimum absolute atomic E-state index is 0.180. The topological polar surface area (TPSA) is 46.6 Å². The number of rotatable bonds is 4. The zero-order chi connectivity index (χ0) is 16.4.